The van der Waals surface area contributed by atoms with Gasteiger partial charge >= 0.3 is 0 Å². The molecule has 31 heavy (non-hydrogen) atoms. The molecule has 0 spiro atoms. The van der Waals surface area contributed by atoms with Gasteiger partial charge < -0.3 is 19.5 Å². The van der Waals surface area contributed by atoms with Crippen LogP contribution in [0.15, 0.2) is 22.7 Å². The number of rotatable bonds is 8. The Morgan fingerprint density at radius 1 is 1.23 bits per heavy atom. The Morgan fingerprint density at radius 3 is 2.74 bits per heavy atom. The number of carbonyl (C=O) groups excluding carboxylic acids is 1. The van der Waals surface area contributed by atoms with E-state index in [1.807, 2.05) is 0 Å². The Kier molecular flexibility index (Phi) is 7.56. The van der Waals surface area contributed by atoms with E-state index in [0.717, 1.165) is 62.3 Å². The van der Waals surface area contributed by atoms with Crippen LogP contribution in [0.25, 0.3) is 11.0 Å². The second-order valence-electron chi connectivity index (χ2n) is 9.14. The zero-order valence-electron chi connectivity index (χ0n) is 18.4. The average molecular weight is 432 g/mol. The number of fused-ring (bicyclic) bond motifs is 1. The largest absolute Gasteiger partial charge is 0.384 e. The number of nitrogens with one attached hydrogen (secondary N) is 1. The maximum absolute atomic E-state index is 13.4. The van der Waals surface area contributed by atoms with E-state index in [0.29, 0.717) is 30.6 Å². The van der Waals surface area contributed by atoms with Gasteiger partial charge in [-0.25, -0.2) is 4.39 Å². The lowest BCUT2D eigenvalue weighted by Gasteiger charge is -2.34. The average Bonchev–Trinajstić information content (AvgIpc) is 3.20. The third-order valence-electron chi connectivity index (χ3n) is 7.03. The van der Waals surface area contributed by atoms with Crippen molar-refractivity contribution in [2.75, 3.05) is 33.4 Å². The molecule has 0 unspecified atom stereocenters. The molecule has 1 aromatic carbocycles. The van der Waals surface area contributed by atoms with E-state index in [2.05, 4.69) is 15.4 Å². The van der Waals surface area contributed by atoms with Crippen molar-refractivity contribution in [3.05, 3.63) is 29.7 Å². The molecular formula is C24H34FN3O3. The zero-order chi connectivity index (χ0) is 21.6. The lowest BCUT2D eigenvalue weighted by Crippen LogP contribution is -2.39. The number of halogens is 1. The molecule has 2 aromatic rings. The lowest BCUT2D eigenvalue weighted by atomic mass is 9.83. The molecule has 2 aliphatic rings. The van der Waals surface area contributed by atoms with Crippen LogP contribution >= 0.6 is 0 Å². The Morgan fingerprint density at radius 2 is 2.00 bits per heavy atom. The highest BCUT2D eigenvalue weighted by Crippen LogP contribution is 2.33. The van der Waals surface area contributed by atoms with Gasteiger partial charge in [-0.1, -0.05) is 5.16 Å². The highest BCUT2D eigenvalue weighted by atomic mass is 19.1. The Labute approximate surface area is 183 Å². The first-order valence-electron chi connectivity index (χ1n) is 11.7. The van der Waals surface area contributed by atoms with Gasteiger partial charge in [0, 0.05) is 36.9 Å². The van der Waals surface area contributed by atoms with Crippen molar-refractivity contribution in [1.82, 2.24) is 15.4 Å². The van der Waals surface area contributed by atoms with Gasteiger partial charge in [-0.2, -0.15) is 0 Å². The normalized spacial score (nSPS) is 23.3. The van der Waals surface area contributed by atoms with Gasteiger partial charge in [-0.15, -0.1) is 0 Å². The standard InChI is InChI=1S/C24H34FN3O3/c1-30-15-11-23(29)26-20-5-2-17(3-6-20)8-12-28-13-9-18(10-14-28)24-21-7-4-19(25)16-22(21)31-27-24/h4,7,16-18,20H,2-3,5-6,8-15H2,1H3,(H,26,29). The van der Waals surface area contributed by atoms with Crippen LogP contribution in [-0.4, -0.2) is 55.4 Å². The monoisotopic (exact) mass is 431 g/mol. The molecule has 170 valence electrons. The molecule has 1 N–H and O–H groups in total. The molecule has 6 nitrogen and oxygen atoms in total. The van der Waals surface area contributed by atoms with Gasteiger partial charge in [-0.3, -0.25) is 4.79 Å². The zero-order valence-corrected chi connectivity index (χ0v) is 18.4. The van der Waals surface area contributed by atoms with Gasteiger partial charge in [0.1, 0.15) is 5.82 Å². The van der Waals surface area contributed by atoms with Crippen molar-refractivity contribution in [3.63, 3.8) is 0 Å². The van der Waals surface area contributed by atoms with E-state index >= 15 is 0 Å². The summed E-state index contributed by atoms with van der Waals surface area (Å²) in [5.74, 6) is 0.977. The van der Waals surface area contributed by atoms with Gasteiger partial charge in [0.2, 0.25) is 5.91 Å². The molecule has 4 rings (SSSR count). The highest BCUT2D eigenvalue weighted by molar-refractivity contribution is 5.80. The molecule has 1 aliphatic heterocycles. The van der Waals surface area contributed by atoms with E-state index in [1.165, 1.54) is 31.4 Å². The molecular weight excluding hydrogens is 397 g/mol. The van der Waals surface area contributed by atoms with Crippen molar-refractivity contribution in [2.45, 2.75) is 63.3 Å². The quantitative estimate of drug-likeness (QED) is 0.677. The minimum Gasteiger partial charge on any atom is -0.384 e. The second-order valence-corrected chi connectivity index (χ2v) is 9.14. The Balaban J connectivity index is 1.16. The number of ether oxygens (including phenoxy) is 1. The Hall–Kier alpha value is -1.99. The first kappa shape index (κ1) is 22.2. The summed E-state index contributed by atoms with van der Waals surface area (Å²) >= 11 is 0. The molecule has 1 saturated carbocycles. The molecule has 2 fully saturated rings. The molecule has 1 amide bonds. The maximum Gasteiger partial charge on any atom is 0.222 e. The molecule has 1 saturated heterocycles. The van der Waals surface area contributed by atoms with Crippen molar-refractivity contribution in [1.29, 1.82) is 0 Å². The highest BCUT2D eigenvalue weighted by Gasteiger charge is 2.27. The lowest BCUT2D eigenvalue weighted by molar-refractivity contribution is -0.122. The van der Waals surface area contributed by atoms with Crippen LogP contribution in [0.5, 0.6) is 0 Å². The minimum atomic E-state index is -0.285. The summed E-state index contributed by atoms with van der Waals surface area (Å²) in [6, 6.07) is 5.03. The summed E-state index contributed by atoms with van der Waals surface area (Å²) in [5.41, 5.74) is 1.53. The van der Waals surface area contributed by atoms with E-state index < -0.39 is 0 Å². The summed E-state index contributed by atoms with van der Waals surface area (Å²) in [6.45, 7) is 3.78. The third kappa shape index (κ3) is 5.83. The minimum absolute atomic E-state index is 0.109. The van der Waals surface area contributed by atoms with Crippen LogP contribution in [0.3, 0.4) is 0 Å². The van der Waals surface area contributed by atoms with Crippen LogP contribution in [0.2, 0.25) is 0 Å². The van der Waals surface area contributed by atoms with Crippen molar-refractivity contribution >= 4 is 16.9 Å². The number of hydrogen-bond acceptors (Lipinski definition) is 5. The number of nitrogens with zero attached hydrogens (tertiary/aromatic N) is 2. The maximum atomic E-state index is 13.4. The molecule has 7 heteroatoms. The van der Waals surface area contributed by atoms with Crippen LogP contribution in [-0.2, 0) is 9.53 Å². The second kappa shape index (κ2) is 10.6. The van der Waals surface area contributed by atoms with Gasteiger partial charge in [0.05, 0.1) is 12.3 Å². The Bertz CT molecular complexity index is 855. The SMILES string of the molecule is COCCC(=O)NC1CCC(CCN2CCC(c3noc4cc(F)ccc34)CC2)CC1. The fourth-order valence-electron chi connectivity index (χ4n) is 5.11. The van der Waals surface area contributed by atoms with E-state index in [4.69, 9.17) is 9.26 Å². The fraction of sp³-hybridized carbons (Fsp3) is 0.667. The van der Waals surface area contributed by atoms with Gasteiger partial charge in [0.15, 0.2) is 5.58 Å². The summed E-state index contributed by atoms with van der Waals surface area (Å²) in [6.07, 6.45) is 8.41. The number of benzene rings is 1. The van der Waals surface area contributed by atoms with Crippen molar-refractivity contribution < 1.29 is 18.4 Å². The summed E-state index contributed by atoms with van der Waals surface area (Å²) in [7, 11) is 1.62. The number of hydrogen-bond donors (Lipinski definition) is 1. The van der Waals surface area contributed by atoms with Crippen LogP contribution in [0, 0.1) is 11.7 Å². The van der Waals surface area contributed by atoms with Gasteiger partial charge in [-0.05, 0) is 82.6 Å². The van der Waals surface area contributed by atoms with E-state index in [-0.39, 0.29) is 11.7 Å². The topological polar surface area (TPSA) is 67.6 Å². The predicted molar refractivity (Wildman–Crippen MR) is 117 cm³/mol. The van der Waals surface area contributed by atoms with Crippen molar-refractivity contribution in [3.8, 4) is 0 Å². The molecule has 1 aliphatic carbocycles. The summed E-state index contributed by atoms with van der Waals surface area (Å²) in [5, 5.41) is 8.35. The predicted octanol–water partition coefficient (Wildman–Crippen LogP) is 4.25. The van der Waals surface area contributed by atoms with Crippen LogP contribution in [0.4, 0.5) is 4.39 Å². The number of amides is 1. The number of aromatic nitrogens is 1. The van der Waals surface area contributed by atoms with Gasteiger partial charge in [0.25, 0.3) is 0 Å². The smallest absolute Gasteiger partial charge is 0.222 e. The van der Waals surface area contributed by atoms with Crippen LogP contribution in [0.1, 0.15) is 63.0 Å². The summed E-state index contributed by atoms with van der Waals surface area (Å²) < 4.78 is 23.7. The molecule has 0 radical (unpaired) electrons. The van der Waals surface area contributed by atoms with E-state index in [1.54, 1.807) is 13.2 Å². The number of carbonyl (C=O) groups is 1. The summed E-state index contributed by atoms with van der Waals surface area (Å²) in [4.78, 5) is 14.4. The molecule has 0 bridgehead atoms. The first-order valence-corrected chi connectivity index (χ1v) is 11.7. The van der Waals surface area contributed by atoms with Crippen LogP contribution < -0.4 is 5.32 Å². The number of likely N-dealkylation sites (tertiary alicyclic amines) is 1. The van der Waals surface area contributed by atoms with E-state index in [9.17, 15) is 9.18 Å². The number of piperidine rings is 1. The fourth-order valence-corrected chi connectivity index (χ4v) is 5.11. The number of methoxy groups -OCH3 is 1. The first-order chi connectivity index (χ1) is 15.1. The third-order valence-corrected chi connectivity index (χ3v) is 7.03. The van der Waals surface area contributed by atoms with Crippen molar-refractivity contribution in [2.24, 2.45) is 5.92 Å². The molecule has 1 aromatic heterocycles. The molecule has 0 atom stereocenters. The molecule has 2 heterocycles.